The Morgan fingerprint density at radius 2 is 1.65 bits per heavy atom. The number of carbonyl (C=O) groups is 3. The third-order valence-electron chi connectivity index (χ3n) is 5.58. The van der Waals surface area contributed by atoms with E-state index < -0.39 is 0 Å². The molecule has 4 rings (SSSR count). The maximum atomic E-state index is 12.3. The van der Waals surface area contributed by atoms with Crippen molar-refractivity contribution in [1.82, 2.24) is 15.5 Å². The summed E-state index contributed by atoms with van der Waals surface area (Å²) in [4.78, 5) is 37.9. The quantitative estimate of drug-likeness (QED) is 0.766. The van der Waals surface area contributed by atoms with Crippen molar-refractivity contribution in [3.05, 3.63) is 35.4 Å². The first-order chi connectivity index (χ1) is 12.1. The molecule has 2 bridgehead atoms. The number of halogens is 1. The summed E-state index contributed by atoms with van der Waals surface area (Å²) in [5.41, 5.74) is 0.896. The lowest BCUT2D eigenvalue weighted by Crippen LogP contribution is -2.41. The third kappa shape index (κ3) is 3.62. The van der Waals surface area contributed by atoms with Crippen molar-refractivity contribution in [1.29, 1.82) is 0 Å². The first-order valence-corrected chi connectivity index (χ1v) is 9.10. The van der Waals surface area contributed by atoms with Crippen molar-refractivity contribution in [2.24, 2.45) is 5.92 Å². The first-order valence-electron chi connectivity index (χ1n) is 9.10. The molecule has 1 aromatic carbocycles. The number of nitrogens with zero attached hydrogens (tertiary/aromatic N) is 1. The predicted octanol–water partition coefficient (Wildman–Crippen LogP) is 1.74. The molecule has 2 N–H and O–H groups in total. The van der Waals surface area contributed by atoms with Gasteiger partial charge in [-0.2, -0.15) is 0 Å². The summed E-state index contributed by atoms with van der Waals surface area (Å²) in [5.74, 6) is -0.0875. The van der Waals surface area contributed by atoms with Crippen molar-refractivity contribution in [3.8, 4) is 0 Å². The van der Waals surface area contributed by atoms with Crippen LogP contribution < -0.4 is 10.6 Å². The molecule has 0 spiro atoms. The number of hydrogen-bond donors (Lipinski definition) is 2. The van der Waals surface area contributed by atoms with Gasteiger partial charge in [0.2, 0.25) is 5.91 Å². The maximum absolute atomic E-state index is 12.3. The highest BCUT2D eigenvalue weighted by Gasteiger charge is 2.35. The molecule has 2 saturated heterocycles. The van der Waals surface area contributed by atoms with Crippen LogP contribution in [0.2, 0.25) is 0 Å². The van der Waals surface area contributed by atoms with E-state index in [1.165, 1.54) is 17.7 Å². The average molecular weight is 378 g/mol. The minimum Gasteiger partial charge on any atom is -0.354 e. The lowest BCUT2D eigenvalue weighted by atomic mass is 9.89. The van der Waals surface area contributed by atoms with E-state index in [2.05, 4.69) is 10.6 Å². The molecule has 6 nitrogen and oxygen atoms in total. The molecule has 3 amide bonds. The van der Waals surface area contributed by atoms with Crippen LogP contribution in [0.25, 0.3) is 0 Å². The predicted molar refractivity (Wildman–Crippen MR) is 99.4 cm³/mol. The van der Waals surface area contributed by atoms with Crippen LogP contribution >= 0.6 is 12.4 Å². The van der Waals surface area contributed by atoms with Crippen LogP contribution in [-0.2, 0) is 4.79 Å². The van der Waals surface area contributed by atoms with Crippen LogP contribution in [0.1, 0.15) is 52.8 Å². The molecule has 2 atom stereocenters. The van der Waals surface area contributed by atoms with Gasteiger partial charge in [0.1, 0.15) is 0 Å². The Balaban J connectivity index is 0.00000196. The Morgan fingerprint density at radius 3 is 2.23 bits per heavy atom. The largest absolute Gasteiger partial charge is 0.354 e. The van der Waals surface area contributed by atoms with Crippen molar-refractivity contribution < 1.29 is 14.4 Å². The molecule has 3 aliphatic rings. The summed E-state index contributed by atoms with van der Waals surface area (Å²) >= 11 is 0. The summed E-state index contributed by atoms with van der Waals surface area (Å²) < 4.78 is 0. The minimum absolute atomic E-state index is 0. The number of piperidine rings is 1. The molecule has 0 saturated carbocycles. The van der Waals surface area contributed by atoms with Crippen molar-refractivity contribution in [3.63, 3.8) is 0 Å². The van der Waals surface area contributed by atoms with E-state index in [0.717, 1.165) is 12.8 Å². The summed E-state index contributed by atoms with van der Waals surface area (Å²) in [6.07, 6.45) is 5.13. The van der Waals surface area contributed by atoms with E-state index in [-0.39, 0.29) is 36.7 Å². The zero-order valence-corrected chi connectivity index (χ0v) is 15.4. The van der Waals surface area contributed by atoms with Crippen LogP contribution in [0, 0.1) is 5.92 Å². The Morgan fingerprint density at radius 1 is 1.08 bits per heavy atom. The normalized spacial score (nSPS) is 26.5. The molecule has 0 radical (unpaired) electrons. The van der Waals surface area contributed by atoms with E-state index >= 15 is 0 Å². The molecule has 26 heavy (non-hydrogen) atoms. The summed E-state index contributed by atoms with van der Waals surface area (Å²) in [7, 11) is 0. The van der Waals surface area contributed by atoms with Crippen molar-refractivity contribution in [2.45, 2.75) is 44.2 Å². The van der Waals surface area contributed by atoms with Crippen LogP contribution in [0.5, 0.6) is 0 Å². The third-order valence-corrected chi connectivity index (χ3v) is 5.58. The topological polar surface area (TPSA) is 78.5 Å². The van der Waals surface area contributed by atoms with Crippen molar-refractivity contribution >= 4 is 30.1 Å². The summed E-state index contributed by atoms with van der Waals surface area (Å²) in [6, 6.07) is 7.99. The Labute approximate surface area is 159 Å². The monoisotopic (exact) mass is 377 g/mol. The van der Waals surface area contributed by atoms with Crippen molar-refractivity contribution in [2.75, 3.05) is 13.1 Å². The van der Waals surface area contributed by atoms with Gasteiger partial charge in [0.25, 0.3) is 11.8 Å². The van der Waals surface area contributed by atoms with Gasteiger partial charge in [0, 0.05) is 31.6 Å². The number of nitrogens with one attached hydrogen (secondary N) is 2. The lowest BCUT2D eigenvalue weighted by molar-refractivity contribution is -0.122. The molecule has 3 heterocycles. The molecule has 0 aromatic heterocycles. The number of carbonyl (C=O) groups excluding carboxylic acids is 3. The van der Waals surface area contributed by atoms with Gasteiger partial charge >= 0.3 is 0 Å². The van der Waals surface area contributed by atoms with Crippen LogP contribution in [0.15, 0.2) is 24.3 Å². The van der Waals surface area contributed by atoms with Gasteiger partial charge in [-0.3, -0.25) is 19.3 Å². The number of amides is 3. The van der Waals surface area contributed by atoms with E-state index in [1.807, 2.05) is 0 Å². The molecule has 7 heteroatoms. The molecule has 140 valence electrons. The molecule has 1 aromatic rings. The average Bonchev–Trinajstić information content (AvgIpc) is 3.07. The smallest absolute Gasteiger partial charge is 0.261 e. The summed E-state index contributed by atoms with van der Waals surface area (Å²) in [6.45, 7) is 0.525. The SMILES string of the molecule is Cl.O=C(CC1CC2CCC(C1)N2)NCCN1C(=O)c2ccccc2C1=O. The highest BCUT2D eigenvalue weighted by Crippen LogP contribution is 2.32. The van der Waals surface area contributed by atoms with Gasteiger partial charge in [0.05, 0.1) is 11.1 Å². The summed E-state index contributed by atoms with van der Waals surface area (Å²) in [5, 5.41) is 6.45. The number of rotatable bonds is 5. The van der Waals surface area contributed by atoms with Gasteiger partial charge in [-0.05, 0) is 43.7 Å². The molecule has 0 aliphatic carbocycles. The standard InChI is InChI=1S/C19H23N3O3.ClH/c23-17(11-12-9-13-5-6-14(10-12)21-13)20-7-8-22-18(24)15-3-1-2-4-16(15)19(22)25;/h1-4,12-14,21H,5-11H2,(H,20,23);1H. The molecule has 2 unspecified atom stereocenters. The minimum atomic E-state index is -0.273. The number of fused-ring (bicyclic) bond motifs is 3. The van der Waals surface area contributed by atoms with Gasteiger partial charge in [0.15, 0.2) is 0 Å². The fourth-order valence-corrected chi connectivity index (χ4v) is 4.43. The molecular weight excluding hydrogens is 354 g/mol. The maximum Gasteiger partial charge on any atom is 0.261 e. The second-order valence-electron chi connectivity index (χ2n) is 7.34. The van der Waals surface area contributed by atoms with Gasteiger partial charge < -0.3 is 10.6 Å². The molecule has 2 fully saturated rings. The number of imide groups is 1. The second-order valence-corrected chi connectivity index (χ2v) is 7.34. The zero-order valence-electron chi connectivity index (χ0n) is 14.6. The van der Waals surface area contributed by atoms with Crippen LogP contribution in [-0.4, -0.2) is 47.8 Å². The highest BCUT2D eigenvalue weighted by molar-refractivity contribution is 6.21. The lowest BCUT2D eigenvalue weighted by Gasteiger charge is -2.28. The Kier molecular flexibility index (Phi) is 5.63. The van der Waals surface area contributed by atoms with Gasteiger partial charge in [-0.1, -0.05) is 12.1 Å². The van der Waals surface area contributed by atoms with Crippen LogP contribution in [0.4, 0.5) is 0 Å². The molecule has 3 aliphatic heterocycles. The van der Waals surface area contributed by atoms with E-state index in [1.54, 1.807) is 24.3 Å². The number of benzene rings is 1. The zero-order chi connectivity index (χ0) is 17.4. The van der Waals surface area contributed by atoms with Gasteiger partial charge in [-0.25, -0.2) is 0 Å². The van der Waals surface area contributed by atoms with Crippen LogP contribution in [0.3, 0.4) is 0 Å². The van der Waals surface area contributed by atoms with Gasteiger partial charge in [-0.15, -0.1) is 12.4 Å². The number of hydrogen-bond acceptors (Lipinski definition) is 4. The van der Waals surface area contributed by atoms with E-state index in [0.29, 0.717) is 42.1 Å². The Bertz CT molecular complexity index is 677. The van der Waals surface area contributed by atoms with E-state index in [9.17, 15) is 14.4 Å². The van der Waals surface area contributed by atoms with E-state index in [4.69, 9.17) is 0 Å². The highest BCUT2D eigenvalue weighted by atomic mass is 35.5. The fourth-order valence-electron chi connectivity index (χ4n) is 4.43. The second kappa shape index (κ2) is 7.76. The fraction of sp³-hybridized carbons (Fsp3) is 0.526. The molecular formula is C19H24ClN3O3. The first kappa shape index (κ1) is 18.9. The Hall–Kier alpha value is -1.92.